The van der Waals surface area contributed by atoms with E-state index in [-0.39, 0.29) is 25.9 Å². The maximum atomic E-state index is 13.2. The standard InChI is InChI=1S/C67H102O12/c1-4-7-10-13-16-19-22-25-28-30-33-35-38-41-44-47-50-53-59(68)75-56-58(77-60(69)54-51-48-45-42-39-36-32-27-24-21-18-15-12-9-6-3)57-76-67-65(63(72)62(71)64(79-67)66(73)74)78-61(70)55-52-49-46-43-40-37-34-31-29-26-23-20-17-14-11-8-5-2/h7-8,10-11,16-21,25-29,32-35,37,41,43-44,46,58,62-65,67,71-72H,4-6,9,12-15,22-24,30-31,36,38-40,42,45,47-57H2,1-3H3,(H,73,74)/b10-7-,11-8-,19-16-,20-17-,21-18-,28-25-,29-26-,32-27-,35-33-,37-34-,44-41-,46-43-. The Hall–Kier alpha value is -5.40. The molecule has 1 heterocycles. The second-order valence-electron chi connectivity index (χ2n) is 19.5. The fourth-order valence-electron chi connectivity index (χ4n) is 7.88. The minimum atomic E-state index is -1.94. The third-order valence-corrected chi connectivity index (χ3v) is 12.4. The maximum absolute atomic E-state index is 13.2. The van der Waals surface area contributed by atoms with Crippen LogP contribution < -0.4 is 0 Å². The first-order valence-corrected chi connectivity index (χ1v) is 29.8. The van der Waals surface area contributed by atoms with Gasteiger partial charge in [0, 0.05) is 19.3 Å². The van der Waals surface area contributed by atoms with Crippen molar-refractivity contribution in [2.45, 2.75) is 237 Å². The van der Waals surface area contributed by atoms with Gasteiger partial charge in [0.15, 0.2) is 24.6 Å². The molecule has 0 radical (unpaired) electrons. The van der Waals surface area contributed by atoms with Gasteiger partial charge in [-0.15, -0.1) is 0 Å². The molecule has 79 heavy (non-hydrogen) atoms. The van der Waals surface area contributed by atoms with E-state index >= 15 is 0 Å². The molecule has 3 N–H and O–H groups in total. The number of aliphatic carboxylic acids is 1. The Morgan fingerprint density at radius 3 is 1.25 bits per heavy atom. The van der Waals surface area contributed by atoms with Crippen LogP contribution in [0.4, 0.5) is 0 Å². The van der Waals surface area contributed by atoms with Gasteiger partial charge in [-0.25, -0.2) is 4.79 Å². The number of carboxylic acid groups (broad SMARTS) is 1. The summed E-state index contributed by atoms with van der Waals surface area (Å²) in [5.41, 5.74) is 0. The first kappa shape index (κ1) is 71.6. The molecule has 0 bridgehead atoms. The summed E-state index contributed by atoms with van der Waals surface area (Å²) < 4.78 is 28.3. The molecule has 442 valence electrons. The van der Waals surface area contributed by atoms with E-state index < -0.39 is 67.3 Å². The van der Waals surface area contributed by atoms with Crippen molar-refractivity contribution >= 4 is 23.9 Å². The molecule has 0 saturated carbocycles. The van der Waals surface area contributed by atoms with Crippen LogP contribution in [0.15, 0.2) is 146 Å². The molecule has 12 heteroatoms. The number of carbonyl (C=O) groups is 4. The number of hydrogen-bond donors (Lipinski definition) is 3. The molecule has 1 fully saturated rings. The van der Waals surface area contributed by atoms with Crippen molar-refractivity contribution in [2.24, 2.45) is 0 Å². The molecule has 0 amide bonds. The van der Waals surface area contributed by atoms with E-state index in [0.717, 1.165) is 109 Å². The van der Waals surface area contributed by atoms with E-state index in [2.05, 4.69) is 148 Å². The molecule has 6 unspecified atom stereocenters. The summed E-state index contributed by atoms with van der Waals surface area (Å²) in [6.07, 6.45) is 63.9. The van der Waals surface area contributed by atoms with Gasteiger partial charge in [0.25, 0.3) is 0 Å². The molecule has 6 atom stereocenters. The van der Waals surface area contributed by atoms with Gasteiger partial charge in [-0.05, 0) is 128 Å². The van der Waals surface area contributed by atoms with E-state index in [1.54, 1.807) is 0 Å². The summed E-state index contributed by atoms with van der Waals surface area (Å²) in [7, 11) is 0. The number of hydrogen-bond acceptors (Lipinski definition) is 11. The monoisotopic (exact) mass is 1100 g/mol. The van der Waals surface area contributed by atoms with Crippen LogP contribution >= 0.6 is 0 Å². The number of carboxylic acids is 1. The van der Waals surface area contributed by atoms with Gasteiger partial charge >= 0.3 is 23.9 Å². The Morgan fingerprint density at radius 1 is 0.430 bits per heavy atom. The Kier molecular flexibility index (Phi) is 48.3. The molecule has 1 rings (SSSR count). The zero-order valence-corrected chi connectivity index (χ0v) is 48.5. The van der Waals surface area contributed by atoms with Crippen molar-refractivity contribution in [3.63, 3.8) is 0 Å². The summed E-state index contributed by atoms with van der Waals surface area (Å²) in [5.74, 6) is -3.32. The lowest BCUT2D eigenvalue weighted by atomic mass is 9.98. The Morgan fingerprint density at radius 2 is 0.810 bits per heavy atom. The van der Waals surface area contributed by atoms with Crippen LogP contribution in [-0.2, 0) is 42.9 Å². The third-order valence-electron chi connectivity index (χ3n) is 12.4. The molecule has 0 aromatic heterocycles. The molecule has 0 aliphatic carbocycles. The van der Waals surface area contributed by atoms with Gasteiger partial charge in [-0.2, -0.15) is 0 Å². The summed E-state index contributed by atoms with van der Waals surface area (Å²) in [6, 6.07) is 0. The quantitative estimate of drug-likeness (QED) is 0.0228. The minimum absolute atomic E-state index is 0.0336. The molecule has 1 aliphatic heterocycles. The number of aliphatic hydroxyl groups excluding tert-OH is 2. The summed E-state index contributed by atoms with van der Waals surface area (Å²) in [5, 5.41) is 31.5. The van der Waals surface area contributed by atoms with Crippen molar-refractivity contribution in [1.82, 2.24) is 0 Å². The molecular formula is C67H102O12. The van der Waals surface area contributed by atoms with E-state index in [1.165, 1.54) is 19.3 Å². The predicted octanol–water partition coefficient (Wildman–Crippen LogP) is 15.6. The normalized spacial score (nSPS) is 18.9. The summed E-state index contributed by atoms with van der Waals surface area (Å²) >= 11 is 0. The lowest BCUT2D eigenvalue weighted by molar-refractivity contribution is -0.301. The van der Waals surface area contributed by atoms with Crippen LogP contribution in [0.25, 0.3) is 0 Å². The van der Waals surface area contributed by atoms with Crippen molar-refractivity contribution in [3.05, 3.63) is 146 Å². The number of allylic oxidation sites excluding steroid dienone is 24. The Balaban J connectivity index is 2.79. The van der Waals surface area contributed by atoms with Crippen LogP contribution in [0.1, 0.15) is 201 Å². The van der Waals surface area contributed by atoms with Crippen molar-refractivity contribution < 1.29 is 58.2 Å². The minimum Gasteiger partial charge on any atom is -0.479 e. The number of carbonyl (C=O) groups excluding carboxylic acids is 3. The molecule has 12 nitrogen and oxygen atoms in total. The highest BCUT2D eigenvalue weighted by Crippen LogP contribution is 2.26. The topological polar surface area (TPSA) is 175 Å². The van der Waals surface area contributed by atoms with Gasteiger partial charge in [-0.1, -0.05) is 199 Å². The molecule has 0 aromatic carbocycles. The highest BCUT2D eigenvalue weighted by atomic mass is 16.7. The second kappa shape index (κ2) is 53.3. The number of rotatable bonds is 48. The van der Waals surface area contributed by atoms with Crippen molar-refractivity contribution in [1.29, 1.82) is 0 Å². The van der Waals surface area contributed by atoms with E-state index in [9.17, 15) is 34.5 Å². The van der Waals surface area contributed by atoms with E-state index in [1.807, 2.05) is 18.2 Å². The highest BCUT2D eigenvalue weighted by Gasteiger charge is 2.50. The smallest absolute Gasteiger partial charge is 0.335 e. The van der Waals surface area contributed by atoms with Gasteiger partial charge in [0.2, 0.25) is 0 Å². The zero-order chi connectivity index (χ0) is 57.5. The zero-order valence-electron chi connectivity index (χ0n) is 48.5. The second-order valence-corrected chi connectivity index (χ2v) is 19.5. The predicted molar refractivity (Wildman–Crippen MR) is 321 cm³/mol. The largest absolute Gasteiger partial charge is 0.479 e. The lowest BCUT2D eigenvalue weighted by Crippen LogP contribution is -2.61. The Labute approximate surface area is 476 Å². The lowest BCUT2D eigenvalue weighted by Gasteiger charge is -2.40. The van der Waals surface area contributed by atoms with Crippen molar-refractivity contribution in [2.75, 3.05) is 13.2 Å². The fraction of sp³-hybridized carbons (Fsp3) is 0.582. The van der Waals surface area contributed by atoms with Gasteiger partial charge in [-0.3, -0.25) is 14.4 Å². The summed E-state index contributed by atoms with van der Waals surface area (Å²) in [4.78, 5) is 51.1. The van der Waals surface area contributed by atoms with Crippen LogP contribution in [0.2, 0.25) is 0 Å². The molecule has 1 saturated heterocycles. The van der Waals surface area contributed by atoms with E-state index in [0.29, 0.717) is 32.1 Å². The number of aliphatic hydroxyl groups is 2. The van der Waals surface area contributed by atoms with Gasteiger partial charge in [0.1, 0.15) is 18.8 Å². The van der Waals surface area contributed by atoms with Gasteiger partial charge < -0.3 is 39.0 Å². The first-order valence-electron chi connectivity index (χ1n) is 29.8. The Bertz CT molecular complexity index is 1930. The molecular weight excluding hydrogens is 997 g/mol. The first-order chi connectivity index (χ1) is 38.6. The summed E-state index contributed by atoms with van der Waals surface area (Å²) in [6.45, 7) is 5.63. The van der Waals surface area contributed by atoms with Crippen LogP contribution in [0, 0.1) is 0 Å². The average molecular weight is 1100 g/mol. The third kappa shape index (κ3) is 43.1. The molecule has 0 aromatic rings. The number of esters is 3. The molecule has 1 aliphatic rings. The van der Waals surface area contributed by atoms with Crippen LogP contribution in [0.5, 0.6) is 0 Å². The van der Waals surface area contributed by atoms with Crippen LogP contribution in [0.3, 0.4) is 0 Å². The average Bonchev–Trinajstić information content (AvgIpc) is 3.47. The maximum Gasteiger partial charge on any atom is 0.335 e. The SMILES string of the molecule is CC/C=C\C/C=C\C/C=C\C/C=C\C/C=C\CCCC(=O)OCC(COC1OC(C(=O)O)C(O)C(O)C1OC(=O)CCC/C=C\C/C=C\C/C=C\C/C=C\C/C=C\CC)OC(=O)CCCCCCC/C=C\C/C=C\CCCCC. The van der Waals surface area contributed by atoms with Crippen LogP contribution in [-0.4, -0.2) is 89.2 Å². The van der Waals surface area contributed by atoms with Crippen molar-refractivity contribution in [3.8, 4) is 0 Å². The number of unbranched alkanes of at least 4 members (excludes halogenated alkanes) is 10. The number of ether oxygens (including phenoxy) is 5. The highest BCUT2D eigenvalue weighted by molar-refractivity contribution is 5.74. The molecule has 0 spiro atoms. The fourth-order valence-corrected chi connectivity index (χ4v) is 7.88. The van der Waals surface area contributed by atoms with Gasteiger partial charge in [0.05, 0.1) is 6.61 Å². The van der Waals surface area contributed by atoms with E-state index in [4.69, 9.17) is 23.7 Å².